The van der Waals surface area contributed by atoms with E-state index >= 15 is 0 Å². The second-order valence-electron chi connectivity index (χ2n) is 9.48. The average molecular weight is 566 g/mol. The summed E-state index contributed by atoms with van der Waals surface area (Å²) in [5.41, 5.74) is 0.991. The average Bonchev–Trinajstić information content (AvgIpc) is 2.90. The highest BCUT2D eigenvalue weighted by molar-refractivity contribution is 7.92. The molecule has 2 aromatic carbocycles. The Morgan fingerprint density at radius 1 is 1.05 bits per heavy atom. The molecule has 1 N–H and O–H groups in total. The van der Waals surface area contributed by atoms with Gasteiger partial charge in [0, 0.05) is 12.6 Å². The Labute approximate surface area is 230 Å². The SMILES string of the molecule is COc1ccc(CN(C(=O)CN(c2ccc(OC)c(Cl)c2)S(C)(=O)=O)[C@H](C)C(=O)NC2CCCCC2)cc1. The van der Waals surface area contributed by atoms with Gasteiger partial charge in [0.25, 0.3) is 0 Å². The van der Waals surface area contributed by atoms with Crippen molar-refractivity contribution in [2.24, 2.45) is 0 Å². The zero-order valence-electron chi connectivity index (χ0n) is 22.3. The van der Waals surface area contributed by atoms with Gasteiger partial charge >= 0.3 is 0 Å². The van der Waals surface area contributed by atoms with Crippen LogP contribution in [0, 0.1) is 0 Å². The highest BCUT2D eigenvalue weighted by Gasteiger charge is 2.31. The van der Waals surface area contributed by atoms with Crippen molar-refractivity contribution in [3.8, 4) is 11.5 Å². The maximum absolute atomic E-state index is 13.7. The van der Waals surface area contributed by atoms with E-state index in [1.54, 1.807) is 26.2 Å². The largest absolute Gasteiger partial charge is 0.497 e. The number of hydrogen-bond acceptors (Lipinski definition) is 6. The number of sulfonamides is 1. The molecule has 38 heavy (non-hydrogen) atoms. The summed E-state index contributed by atoms with van der Waals surface area (Å²) in [5.74, 6) is 0.250. The van der Waals surface area contributed by atoms with Gasteiger partial charge in [-0.1, -0.05) is 43.0 Å². The first-order valence-corrected chi connectivity index (χ1v) is 14.8. The Bertz CT molecular complexity index is 1220. The predicted molar refractivity (Wildman–Crippen MR) is 148 cm³/mol. The van der Waals surface area contributed by atoms with Crippen LogP contribution in [-0.4, -0.2) is 64.2 Å². The second kappa shape index (κ2) is 13.2. The van der Waals surface area contributed by atoms with Gasteiger partial charge in [-0.25, -0.2) is 8.42 Å². The van der Waals surface area contributed by atoms with Crippen LogP contribution in [0.25, 0.3) is 0 Å². The van der Waals surface area contributed by atoms with Gasteiger partial charge in [-0.05, 0) is 55.7 Å². The Hall–Kier alpha value is -2.98. The minimum Gasteiger partial charge on any atom is -0.497 e. The van der Waals surface area contributed by atoms with Crippen LogP contribution >= 0.6 is 11.6 Å². The van der Waals surface area contributed by atoms with Crippen LogP contribution in [0.2, 0.25) is 5.02 Å². The molecule has 0 aliphatic heterocycles. The van der Waals surface area contributed by atoms with Crippen molar-refractivity contribution in [3.63, 3.8) is 0 Å². The van der Waals surface area contributed by atoms with E-state index in [2.05, 4.69) is 5.32 Å². The molecule has 3 rings (SSSR count). The number of halogens is 1. The van der Waals surface area contributed by atoms with Gasteiger partial charge in [-0.15, -0.1) is 0 Å². The standard InChI is InChI=1S/C27H36ClN3O6S/c1-19(27(33)29-21-8-6-5-7-9-21)30(17-20-10-13-23(36-2)14-11-20)26(32)18-31(38(4,34)35)22-12-15-25(37-3)24(28)16-22/h10-16,19,21H,5-9,17-18H2,1-4H3,(H,29,33)/t19-/m1/s1. The van der Waals surface area contributed by atoms with Crippen LogP contribution in [-0.2, 0) is 26.2 Å². The summed E-state index contributed by atoms with van der Waals surface area (Å²) < 4.78 is 36.8. The number of methoxy groups -OCH3 is 2. The van der Waals surface area contributed by atoms with Crippen LogP contribution < -0.4 is 19.1 Å². The van der Waals surface area contributed by atoms with E-state index in [0.717, 1.165) is 48.2 Å². The minimum atomic E-state index is -3.86. The first kappa shape index (κ1) is 29.6. The molecule has 1 saturated carbocycles. The molecular weight excluding hydrogens is 530 g/mol. The summed E-state index contributed by atoms with van der Waals surface area (Å²) in [6.07, 6.45) is 6.10. The molecule has 0 aromatic heterocycles. The normalized spacial score (nSPS) is 14.9. The van der Waals surface area contributed by atoms with E-state index in [9.17, 15) is 18.0 Å². The molecule has 11 heteroatoms. The van der Waals surface area contributed by atoms with Gasteiger partial charge in [0.1, 0.15) is 24.1 Å². The lowest BCUT2D eigenvalue weighted by Crippen LogP contribution is -2.52. The molecule has 0 radical (unpaired) electrons. The van der Waals surface area contributed by atoms with Gasteiger partial charge in [0.2, 0.25) is 21.8 Å². The summed E-state index contributed by atoms with van der Waals surface area (Å²) in [6.45, 7) is 1.27. The molecule has 1 aliphatic carbocycles. The van der Waals surface area contributed by atoms with Crippen molar-refractivity contribution in [2.75, 3.05) is 31.3 Å². The van der Waals surface area contributed by atoms with E-state index < -0.39 is 28.5 Å². The number of amides is 2. The molecule has 2 amide bonds. The molecule has 0 spiro atoms. The molecule has 1 atom stereocenters. The van der Waals surface area contributed by atoms with Crippen molar-refractivity contribution in [3.05, 3.63) is 53.1 Å². The molecule has 0 bridgehead atoms. The van der Waals surface area contributed by atoms with Gasteiger partial charge in [-0.2, -0.15) is 0 Å². The fraction of sp³-hybridized carbons (Fsp3) is 0.481. The minimum absolute atomic E-state index is 0.0746. The van der Waals surface area contributed by atoms with Crippen molar-refractivity contribution in [1.82, 2.24) is 10.2 Å². The summed E-state index contributed by atoms with van der Waals surface area (Å²) in [4.78, 5) is 28.3. The van der Waals surface area contributed by atoms with E-state index in [-0.39, 0.29) is 29.2 Å². The summed E-state index contributed by atoms with van der Waals surface area (Å²) in [6, 6.07) is 10.9. The molecule has 208 valence electrons. The monoisotopic (exact) mass is 565 g/mol. The summed E-state index contributed by atoms with van der Waals surface area (Å²) in [5, 5.41) is 3.29. The number of hydrogen-bond donors (Lipinski definition) is 1. The third-order valence-electron chi connectivity index (χ3n) is 6.73. The zero-order valence-corrected chi connectivity index (χ0v) is 23.8. The van der Waals surface area contributed by atoms with Crippen molar-refractivity contribution >= 4 is 39.1 Å². The molecule has 2 aromatic rings. The van der Waals surface area contributed by atoms with Gasteiger partial charge < -0.3 is 19.7 Å². The maximum Gasteiger partial charge on any atom is 0.244 e. The first-order chi connectivity index (χ1) is 18.0. The molecular formula is C27H36ClN3O6S. The second-order valence-corrected chi connectivity index (χ2v) is 11.8. The van der Waals surface area contributed by atoms with Crippen LogP contribution in [0.3, 0.4) is 0 Å². The third kappa shape index (κ3) is 7.77. The van der Waals surface area contributed by atoms with Crippen molar-refractivity contribution in [2.45, 2.75) is 57.7 Å². The smallest absolute Gasteiger partial charge is 0.244 e. The zero-order chi connectivity index (χ0) is 27.9. The van der Waals surface area contributed by atoms with Crippen molar-refractivity contribution < 1.29 is 27.5 Å². The Morgan fingerprint density at radius 2 is 1.71 bits per heavy atom. The van der Waals surface area contributed by atoms with E-state index in [1.807, 2.05) is 12.1 Å². The van der Waals surface area contributed by atoms with Crippen LogP contribution in [0.15, 0.2) is 42.5 Å². The number of nitrogens with zero attached hydrogens (tertiary/aromatic N) is 2. The molecule has 0 unspecified atom stereocenters. The van der Waals surface area contributed by atoms with Gasteiger partial charge in [0.05, 0.1) is 31.2 Å². The fourth-order valence-electron chi connectivity index (χ4n) is 4.50. The molecule has 0 heterocycles. The fourth-order valence-corrected chi connectivity index (χ4v) is 5.60. The summed E-state index contributed by atoms with van der Waals surface area (Å²) >= 11 is 6.23. The van der Waals surface area contributed by atoms with Gasteiger partial charge in [-0.3, -0.25) is 13.9 Å². The Balaban J connectivity index is 1.88. The van der Waals surface area contributed by atoms with E-state index in [4.69, 9.17) is 21.1 Å². The molecule has 0 saturated heterocycles. The molecule has 9 nitrogen and oxygen atoms in total. The molecule has 1 fully saturated rings. The summed E-state index contributed by atoms with van der Waals surface area (Å²) in [7, 11) is -0.847. The number of nitrogens with one attached hydrogen (secondary N) is 1. The number of carbonyl (C=O) groups excluding carboxylic acids is 2. The Kier molecular flexibility index (Phi) is 10.3. The number of anilines is 1. The molecule has 1 aliphatic rings. The number of benzene rings is 2. The van der Waals surface area contributed by atoms with Gasteiger partial charge in [0.15, 0.2) is 0 Å². The maximum atomic E-state index is 13.7. The highest BCUT2D eigenvalue weighted by Crippen LogP contribution is 2.30. The lowest BCUT2D eigenvalue weighted by molar-refractivity contribution is -0.139. The Morgan fingerprint density at radius 3 is 2.26 bits per heavy atom. The van der Waals surface area contributed by atoms with Crippen LogP contribution in [0.1, 0.15) is 44.6 Å². The topological polar surface area (TPSA) is 105 Å². The highest BCUT2D eigenvalue weighted by atomic mass is 35.5. The first-order valence-electron chi connectivity index (χ1n) is 12.6. The number of rotatable bonds is 11. The lowest BCUT2D eigenvalue weighted by Gasteiger charge is -2.33. The van der Waals surface area contributed by atoms with Crippen LogP contribution in [0.4, 0.5) is 5.69 Å². The third-order valence-corrected chi connectivity index (χ3v) is 8.17. The number of carbonyl (C=O) groups is 2. The van der Waals surface area contributed by atoms with Crippen molar-refractivity contribution in [1.29, 1.82) is 0 Å². The van der Waals surface area contributed by atoms with Crippen LogP contribution in [0.5, 0.6) is 11.5 Å². The quantitative estimate of drug-likeness (QED) is 0.442. The lowest BCUT2D eigenvalue weighted by atomic mass is 9.95. The predicted octanol–water partition coefficient (Wildman–Crippen LogP) is 3.99. The number of ether oxygens (including phenoxy) is 2. The van der Waals surface area contributed by atoms with E-state index in [0.29, 0.717) is 11.5 Å². The van der Waals surface area contributed by atoms with E-state index in [1.165, 1.54) is 30.2 Å².